The number of hydrogen-bond acceptors (Lipinski definition) is 3. The lowest BCUT2D eigenvalue weighted by molar-refractivity contribution is 0.156. The van der Waals surface area contributed by atoms with Crippen LogP contribution >= 0.6 is 0 Å². The van der Waals surface area contributed by atoms with E-state index in [-0.39, 0.29) is 11.9 Å². The maximum absolute atomic E-state index is 10.0. The number of fused-ring (bicyclic) bond motifs is 1. The Hall–Kier alpha value is -2.00. The van der Waals surface area contributed by atoms with Crippen LogP contribution in [0.1, 0.15) is 35.6 Å². The van der Waals surface area contributed by atoms with E-state index in [1.165, 1.54) is 5.56 Å². The highest BCUT2D eigenvalue weighted by molar-refractivity contribution is 5.38. The largest absolute Gasteiger partial charge is 0.508 e. The predicted molar refractivity (Wildman–Crippen MR) is 76.8 cm³/mol. The van der Waals surface area contributed by atoms with E-state index in [2.05, 4.69) is 0 Å². The quantitative estimate of drug-likeness (QED) is 0.899. The average molecular weight is 270 g/mol. The van der Waals surface area contributed by atoms with Crippen molar-refractivity contribution in [3.8, 4) is 11.5 Å². The Morgan fingerprint density at radius 3 is 2.70 bits per heavy atom. The number of hydrogen-bond donors (Lipinski definition) is 2. The molecule has 2 N–H and O–H groups in total. The second-order valence-electron chi connectivity index (χ2n) is 5.22. The normalized spacial score (nSPS) is 17.6. The Kier molecular flexibility index (Phi) is 3.61. The van der Waals surface area contributed by atoms with Gasteiger partial charge in [-0.15, -0.1) is 0 Å². The molecule has 0 radical (unpaired) electrons. The molecular formula is C17H18O3. The minimum absolute atomic E-state index is 0.255. The summed E-state index contributed by atoms with van der Waals surface area (Å²) in [6, 6.07) is 12.9. The molecule has 104 valence electrons. The smallest absolute Gasteiger partial charge is 0.120 e. The molecule has 2 aromatic rings. The molecule has 3 heteroatoms. The van der Waals surface area contributed by atoms with Crippen LogP contribution in [0.2, 0.25) is 0 Å². The number of ether oxygens (including phenoxy) is 1. The number of rotatable bonds is 3. The molecule has 1 atom stereocenters. The van der Waals surface area contributed by atoms with Gasteiger partial charge in [-0.2, -0.15) is 0 Å². The standard InChI is InChI=1S/C17H18O3/c18-14-7-4-12(5-8-14)11-20-15-9-6-13-2-1-3-17(19)16(13)10-15/h4-10,17-19H,1-3,11H2/t17-/m0/s1. The van der Waals surface area contributed by atoms with Crippen LogP contribution in [0.3, 0.4) is 0 Å². The summed E-state index contributed by atoms with van der Waals surface area (Å²) in [5.74, 6) is 1.03. The highest BCUT2D eigenvalue weighted by Gasteiger charge is 2.18. The summed E-state index contributed by atoms with van der Waals surface area (Å²) in [4.78, 5) is 0. The molecule has 0 amide bonds. The first-order valence-corrected chi connectivity index (χ1v) is 6.94. The average Bonchev–Trinajstić information content (AvgIpc) is 2.47. The molecule has 0 fully saturated rings. The molecule has 0 aromatic heterocycles. The van der Waals surface area contributed by atoms with E-state index in [1.54, 1.807) is 12.1 Å². The van der Waals surface area contributed by atoms with Gasteiger partial charge in [-0.25, -0.2) is 0 Å². The molecule has 3 nitrogen and oxygen atoms in total. The summed E-state index contributed by atoms with van der Waals surface area (Å²) in [7, 11) is 0. The first-order valence-electron chi connectivity index (χ1n) is 6.94. The van der Waals surface area contributed by atoms with Crippen molar-refractivity contribution in [2.24, 2.45) is 0 Å². The van der Waals surface area contributed by atoms with Crippen LogP contribution in [-0.4, -0.2) is 10.2 Å². The van der Waals surface area contributed by atoms with Gasteiger partial charge in [0.05, 0.1) is 6.10 Å². The van der Waals surface area contributed by atoms with Crippen LogP contribution in [0.15, 0.2) is 42.5 Å². The molecule has 20 heavy (non-hydrogen) atoms. The third-order valence-corrected chi connectivity index (χ3v) is 3.74. The van der Waals surface area contributed by atoms with Gasteiger partial charge in [0.15, 0.2) is 0 Å². The minimum Gasteiger partial charge on any atom is -0.508 e. The Balaban J connectivity index is 1.72. The van der Waals surface area contributed by atoms with E-state index in [4.69, 9.17) is 4.74 Å². The van der Waals surface area contributed by atoms with Gasteiger partial charge in [0, 0.05) is 0 Å². The summed E-state index contributed by atoms with van der Waals surface area (Å²) >= 11 is 0. The van der Waals surface area contributed by atoms with Gasteiger partial charge in [-0.3, -0.25) is 0 Å². The van der Waals surface area contributed by atoms with E-state index < -0.39 is 0 Å². The first-order chi connectivity index (χ1) is 9.72. The van der Waals surface area contributed by atoms with Crippen molar-refractivity contribution in [2.45, 2.75) is 32.0 Å². The lowest BCUT2D eigenvalue weighted by atomic mass is 9.89. The molecule has 2 aromatic carbocycles. The lowest BCUT2D eigenvalue weighted by Gasteiger charge is -2.22. The highest BCUT2D eigenvalue weighted by Crippen LogP contribution is 2.32. The van der Waals surface area contributed by atoms with E-state index in [0.717, 1.165) is 36.1 Å². The molecule has 0 saturated carbocycles. The van der Waals surface area contributed by atoms with E-state index >= 15 is 0 Å². The van der Waals surface area contributed by atoms with Crippen LogP contribution in [0.4, 0.5) is 0 Å². The Morgan fingerprint density at radius 1 is 1.10 bits per heavy atom. The van der Waals surface area contributed by atoms with Crippen molar-refractivity contribution in [1.29, 1.82) is 0 Å². The Labute approximate surface area is 118 Å². The van der Waals surface area contributed by atoms with Gasteiger partial charge in [0.2, 0.25) is 0 Å². The molecule has 1 aliphatic carbocycles. The summed E-state index contributed by atoms with van der Waals surface area (Å²) in [6.07, 6.45) is 2.54. The number of aromatic hydroxyl groups is 1. The Morgan fingerprint density at radius 2 is 1.90 bits per heavy atom. The molecule has 0 heterocycles. The summed E-state index contributed by atoms with van der Waals surface area (Å²) < 4.78 is 5.75. The fraction of sp³-hybridized carbons (Fsp3) is 0.294. The van der Waals surface area contributed by atoms with Crippen LogP contribution in [0.5, 0.6) is 11.5 Å². The second kappa shape index (κ2) is 5.55. The van der Waals surface area contributed by atoms with E-state index in [1.807, 2.05) is 30.3 Å². The summed E-state index contributed by atoms with van der Waals surface area (Å²) in [5.41, 5.74) is 3.22. The van der Waals surface area contributed by atoms with Crippen molar-refractivity contribution in [1.82, 2.24) is 0 Å². The van der Waals surface area contributed by atoms with Crippen LogP contribution in [0, 0.1) is 0 Å². The molecule has 0 spiro atoms. The van der Waals surface area contributed by atoms with E-state index in [9.17, 15) is 10.2 Å². The van der Waals surface area contributed by atoms with E-state index in [0.29, 0.717) is 6.61 Å². The van der Waals surface area contributed by atoms with Gasteiger partial charge < -0.3 is 14.9 Å². The molecule has 1 aliphatic rings. The molecule has 0 bridgehead atoms. The summed E-state index contributed by atoms with van der Waals surface area (Å²) in [6.45, 7) is 0.454. The van der Waals surface area contributed by atoms with Gasteiger partial charge >= 0.3 is 0 Å². The van der Waals surface area contributed by atoms with Gasteiger partial charge in [0.1, 0.15) is 18.1 Å². The molecule has 0 unspecified atom stereocenters. The van der Waals surface area contributed by atoms with Gasteiger partial charge in [-0.05, 0) is 60.2 Å². The van der Waals surface area contributed by atoms with Crippen molar-refractivity contribution in [3.05, 3.63) is 59.2 Å². The predicted octanol–water partition coefficient (Wildman–Crippen LogP) is 3.34. The molecule has 0 saturated heterocycles. The fourth-order valence-corrected chi connectivity index (χ4v) is 2.60. The second-order valence-corrected chi connectivity index (χ2v) is 5.22. The monoisotopic (exact) mass is 270 g/mol. The lowest BCUT2D eigenvalue weighted by Crippen LogP contribution is -2.09. The number of aryl methyl sites for hydroxylation is 1. The zero-order valence-electron chi connectivity index (χ0n) is 11.2. The number of phenolic OH excluding ortho intramolecular Hbond substituents is 1. The maximum atomic E-state index is 10.0. The topological polar surface area (TPSA) is 49.7 Å². The molecule has 3 rings (SSSR count). The summed E-state index contributed by atoms with van der Waals surface area (Å²) in [5, 5.41) is 19.3. The SMILES string of the molecule is Oc1ccc(COc2ccc3c(c2)[C@@H](O)CCC3)cc1. The molecule has 0 aliphatic heterocycles. The van der Waals surface area contributed by atoms with Crippen LogP contribution < -0.4 is 4.74 Å². The number of aliphatic hydroxyl groups excluding tert-OH is 1. The molecular weight excluding hydrogens is 252 g/mol. The maximum Gasteiger partial charge on any atom is 0.120 e. The third-order valence-electron chi connectivity index (χ3n) is 3.74. The van der Waals surface area contributed by atoms with Gasteiger partial charge in [0.25, 0.3) is 0 Å². The van der Waals surface area contributed by atoms with Crippen molar-refractivity contribution < 1.29 is 14.9 Å². The Bertz CT molecular complexity index is 590. The zero-order chi connectivity index (χ0) is 13.9. The minimum atomic E-state index is -0.365. The van der Waals surface area contributed by atoms with Crippen molar-refractivity contribution >= 4 is 0 Å². The fourth-order valence-electron chi connectivity index (χ4n) is 2.60. The number of phenols is 1. The number of aliphatic hydroxyl groups is 1. The van der Waals surface area contributed by atoms with Crippen molar-refractivity contribution in [3.63, 3.8) is 0 Å². The van der Waals surface area contributed by atoms with Crippen LogP contribution in [-0.2, 0) is 13.0 Å². The highest BCUT2D eigenvalue weighted by atomic mass is 16.5. The zero-order valence-corrected chi connectivity index (χ0v) is 11.2. The first kappa shape index (κ1) is 13.0. The van der Waals surface area contributed by atoms with Gasteiger partial charge in [-0.1, -0.05) is 18.2 Å². The van der Waals surface area contributed by atoms with Crippen molar-refractivity contribution in [2.75, 3.05) is 0 Å². The third kappa shape index (κ3) is 2.78. The van der Waals surface area contributed by atoms with Crippen LogP contribution in [0.25, 0.3) is 0 Å². The number of benzene rings is 2.